The number of hydrogen-bond acceptors (Lipinski definition) is 2. The second-order valence-electron chi connectivity index (χ2n) is 2.45. The molecule has 0 radical (unpaired) electrons. The predicted molar refractivity (Wildman–Crippen MR) is 38.7 cm³/mol. The molecule has 1 rings (SSSR count). The quantitative estimate of drug-likeness (QED) is 0.596. The van der Waals surface area contributed by atoms with Gasteiger partial charge in [-0.05, 0) is 13.3 Å². The van der Waals surface area contributed by atoms with E-state index in [4.69, 9.17) is 0 Å². The van der Waals surface area contributed by atoms with Crippen LogP contribution in [-0.4, -0.2) is 17.6 Å². The molecule has 1 unspecified atom stereocenters. The van der Waals surface area contributed by atoms with Crippen molar-refractivity contribution in [2.24, 2.45) is 0 Å². The molecule has 0 fully saturated rings. The van der Waals surface area contributed by atoms with Crippen molar-refractivity contribution in [1.82, 2.24) is 10.2 Å². The van der Waals surface area contributed by atoms with Crippen molar-refractivity contribution >= 4 is 0 Å². The van der Waals surface area contributed by atoms with Gasteiger partial charge in [0, 0.05) is 18.4 Å². The summed E-state index contributed by atoms with van der Waals surface area (Å²) in [7, 11) is 0. The molecule has 0 bridgehead atoms. The summed E-state index contributed by atoms with van der Waals surface area (Å²) in [5.41, 5.74) is 0. The minimum absolute atomic E-state index is 0.677. The highest BCUT2D eigenvalue weighted by molar-refractivity contribution is 4.89. The lowest BCUT2D eigenvalue weighted by Gasteiger charge is -2.21. The lowest BCUT2D eigenvalue weighted by Crippen LogP contribution is -2.29. The summed E-state index contributed by atoms with van der Waals surface area (Å²) in [6.07, 6.45) is 5.31. The van der Waals surface area contributed by atoms with E-state index in [2.05, 4.69) is 30.3 Å². The Morgan fingerprint density at radius 1 is 1.78 bits per heavy atom. The fourth-order valence-electron chi connectivity index (χ4n) is 0.897. The average Bonchev–Trinajstić information content (AvgIpc) is 2.37. The molecule has 1 N–H and O–H groups in total. The molecule has 0 aromatic carbocycles. The van der Waals surface area contributed by atoms with Gasteiger partial charge in [-0.1, -0.05) is 6.92 Å². The first kappa shape index (κ1) is 6.46. The maximum Gasteiger partial charge on any atom is 0.0870 e. The Bertz CT molecular complexity index is 109. The van der Waals surface area contributed by atoms with Gasteiger partial charge >= 0.3 is 0 Å². The summed E-state index contributed by atoms with van der Waals surface area (Å²) in [6, 6.07) is 0.677. The van der Waals surface area contributed by atoms with Crippen LogP contribution in [0.2, 0.25) is 0 Å². The van der Waals surface area contributed by atoms with Gasteiger partial charge in [-0.25, -0.2) is 0 Å². The third kappa shape index (κ3) is 1.37. The highest BCUT2D eigenvalue weighted by Gasteiger charge is 2.08. The van der Waals surface area contributed by atoms with Crippen LogP contribution in [0, 0.1) is 0 Å². The zero-order chi connectivity index (χ0) is 6.69. The van der Waals surface area contributed by atoms with Crippen LogP contribution < -0.4 is 5.32 Å². The Morgan fingerprint density at radius 2 is 2.56 bits per heavy atom. The van der Waals surface area contributed by atoms with E-state index in [0.29, 0.717) is 6.04 Å². The molecule has 2 heteroatoms. The van der Waals surface area contributed by atoms with Crippen LogP contribution in [0.15, 0.2) is 12.4 Å². The zero-order valence-corrected chi connectivity index (χ0v) is 6.09. The van der Waals surface area contributed by atoms with Gasteiger partial charge in [-0.3, -0.25) is 0 Å². The Balaban J connectivity index is 2.33. The molecule has 0 aliphatic carbocycles. The van der Waals surface area contributed by atoms with Gasteiger partial charge in [-0.2, -0.15) is 0 Å². The van der Waals surface area contributed by atoms with Crippen molar-refractivity contribution in [2.45, 2.75) is 26.3 Å². The van der Waals surface area contributed by atoms with E-state index in [0.717, 1.165) is 6.67 Å². The number of nitrogens with one attached hydrogen (secondary N) is 1. The summed E-state index contributed by atoms with van der Waals surface area (Å²) < 4.78 is 0. The van der Waals surface area contributed by atoms with Gasteiger partial charge in [0.1, 0.15) is 0 Å². The molecule has 1 aliphatic rings. The van der Waals surface area contributed by atoms with Crippen LogP contribution in [0.1, 0.15) is 20.3 Å². The van der Waals surface area contributed by atoms with Crippen LogP contribution in [-0.2, 0) is 0 Å². The van der Waals surface area contributed by atoms with Gasteiger partial charge in [-0.15, -0.1) is 0 Å². The summed E-state index contributed by atoms with van der Waals surface area (Å²) in [4.78, 5) is 2.29. The Labute approximate surface area is 56.5 Å². The summed E-state index contributed by atoms with van der Waals surface area (Å²) in [6.45, 7) is 5.42. The largest absolute Gasteiger partial charge is 0.373 e. The summed E-state index contributed by atoms with van der Waals surface area (Å²) in [5, 5.41) is 3.13. The highest BCUT2D eigenvalue weighted by Crippen LogP contribution is 2.04. The van der Waals surface area contributed by atoms with Crippen LogP contribution in [0.3, 0.4) is 0 Å². The first-order chi connectivity index (χ1) is 4.34. The Kier molecular flexibility index (Phi) is 1.98. The van der Waals surface area contributed by atoms with Crippen molar-refractivity contribution in [3.8, 4) is 0 Å². The molecule has 0 spiro atoms. The van der Waals surface area contributed by atoms with Crippen LogP contribution in [0.25, 0.3) is 0 Å². The monoisotopic (exact) mass is 126 g/mol. The summed E-state index contributed by atoms with van der Waals surface area (Å²) >= 11 is 0. The second-order valence-corrected chi connectivity index (χ2v) is 2.45. The smallest absolute Gasteiger partial charge is 0.0870 e. The molecule has 0 saturated heterocycles. The average molecular weight is 126 g/mol. The SMILES string of the molecule is CCC(C)N1C=CNC1. The van der Waals surface area contributed by atoms with Gasteiger partial charge in [0.05, 0.1) is 6.67 Å². The van der Waals surface area contributed by atoms with E-state index in [9.17, 15) is 0 Å². The molecular weight excluding hydrogens is 112 g/mol. The van der Waals surface area contributed by atoms with Crippen molar-refractivity contribution in [2.75, 3.05) is 6.67 Å². The van der Waals surface area contributed by atoms with Gasteiger partial charge in [0.25, 0.3) is 0 Å². The fraction of sp³-hybridized carbons (Fsp3) is 0.714. The van der Waals surface area contributed by atoms with Crippen molar-refractivity contribution in [3.05, 3.63) is 12.4 Å². The molecule has 0 aromatic heterocycles. The molecule has 1 heterocycles. The van der Waals surface area contributed by atoms with Gasteiger partial charge in [0.15, 0.2) is 0 Å². The second kappa shape index (κ2) is 2.76. The molecule has 1 atom stereocenters. The Hall–Kier alpha value is -0.660. The number of rotatable bonds is 2. The maximum absolute atomic E-state index is 3.13. The highest BCUT2D eigenvalue weighted by atomic mass is 15.3. The number of nitrogens with zero attached hydrogens (tertiary/aromatic N) is 1. The molecule has 1 aliphatic heterocycles. The molecular formula is C7H14N2. The van der Waals surface area contributed by atoms with Crippen LogP contribution in [0.5, 0.6) is 0 Å². The van der Waals surface area contributed by atoms with Crippen molar-refractivity contribution in [3.63, 3.8) is 0 Å². The van der Waals surface area contributed by atoms with Crippen LogP contribution >= 0.6 is 0 Å². The maximum atomic E-state index is 3.13. The summed E-state index contributed by atoms with van der Waals surface area (Å²) in [5.74, 6) is 0. The van der Waals surface area contributed by atoms with Gasteiger partial charge in [0.2, 0.25) is 0 Å². The third-order valence-corrected chi connectivity index (χ3v) is 1.81. The van der Waals surface area contributed by atoms with Gasteiger partial charge < -0.3 is 10.2 Å². The molecule has 0 saturated carbocycles. The van der Waals surface area contributed by atoms with Crippen molar-refractivity contribution in [1.29, 1.82) is 0 Å². The van der Waals surface area contributed by atoms with E-state index >= 15 is 0 Å². The third-order valence-electron chi connectivity index (χ3n) is 1.81. The molecule has 52 valence electrons. The van der Waals surface area contributed by atoms with E-state index in [1.807, 2.05) is 6.20 Å². The standard InChI is InChI=1S/C7H14N2/c1-3-7(2)9-5-4-8-6-9/h4-5,7-8H,3,6H2,1-2H3. The fourth-order valence-corrected chi connectivity index (χ4v) is 0.897. The first-order valence-electron chi connectivity index (χ1n) is 3.50. The van der Waals surface area contributed by atoms with E-state index < -0.39 is 0 Å². The number of hydrogen-bond donors (Lipinski definition) is 1. The van der Waals surface area contributed by atoms with E-state index in [1.54, 1.807) is 0 Å². The van der Waals surface area contributed by atoms with Crippen LogP contribution in [0.4, 0.5) is 0 Å². The zero-order valence-electron chi connectivity index (χ0n) is 6.09. The van der Waals surface area contributed by atoms with Crippen molar-refractivity contribution < 1.29 is 0 Å². The molecule has 2 nitrogen and oxygen atoms in total. The van der Waals surface area contributed by atoms with E-state index in [1.165, 1.54) is 6.42 Å². The lowest BCUT2D eigenvalue weighted by molar-refractivity contribution is 0.298. The Morgan fingerprint density at radius 3 is 3.00 bits per heavy atom. The minimum Gasteiger partial charge on any atom is -0.373 e. The minimum atomic E-state index is 0.677. The lowest BCUT2D eigenvalue weighted by atomic mass is 10.2. The van der Waals surface area contributed by atoms with E-state index in [-0.39, 0.29) is 0 Å². The predicted octanol–water partition coefficient (Wildman–Crippen LogP) is 1.12. The molecule has 9 heavy (non-hydrogen) atoms. The molecule has 0 amide bonds. The normalized spacial score (nSPS) is 20.0. The first-order valence-corrected chi connectivity index (χ1v) is 3.50. The molecule has 0 aromatic rings. The topological polar surface area (TPSA) is 15.3 Å².